The van der Waals surface area contributed by atoms with Crippen molar-refractivity contribution in [1.82, 2.24) is 0 Å². The Hall–Kier alpha value is -0.330. The molecule has 0 spiro atoms. The summed E-state index contributed by atoms with van der Waals surface area (Å²) in [5.41, 5.74) is 0. The molecule has 1 nitrogen and oxygen atoms in total. The van der Waals surface area contributed by atoms with Gasteiger partial charge in [-0.25, -0.2) is 0 Å². The lowest BCUT2D eigenvalue weighted by Crippen LogP contribution is -2.15. The monoisotopic (exact) mass is 139 g/mol. The molecule has 0 aliphatic carbocycles. The van der Waals surface area contributed by atoms with Crippen molar-refractivity contribution in [2.75, 3.05) is 0 Å². The average molecular weight is 139 g/mol. The Labute approximate surface area is 63.5 Å². The molecule has 0 saturated heterocycles. The lowest BCUT2D eigenvalue weighted by atomic mass is 9.94. The quantitative estimate of drug-likeness (QED) is 0.557. The van der Waals surface area contributed by atoms with Crippen LogP contribution in [-0.2, 0) is 0 Å². The highest BCUT2D eigenvalue weighted by molar-refractivity contribution is 5.58. The van der Waals surface area contributed by atoms with Gasteiger partial charge in [-0.3, -0.25) is 4.99 Å². The van der Waals surface area contributed by atoms with Gasteiger partial charge in [-0.15, -0.1) is 0 Å². The maximum Gasteiger partial charge on any atom is 0.0498 e. The molecule has 1 heterocycles. The van der Waals surface area contributed by atoms with Gasteiger partial charge in [0.25, 0.3) is 0 Å². The summed E-state index contributed by atoms with van der Waals surface area (Å²) < 4.78 is 0. The number of aliphatic imine (C=N–C) groups is 1. The normalized spacial score (nSPS) is 32.6. The summed E-state index contributed by atoms with van der Waals surface area (Å²) in [6.07, 6.45) is 7.16. The summed E-state index contributed by atoms with van der Waals surface area (Å²) in [5, 5.41) is 0. The molecule has 58 valence electrons. The van der Waals surface area contributed by atoms with E-state index >= 15 is 0 Å². The predicted molar refractivity (Wildman–Crippen MR) is 45.6 cm³/mol. The minimum Gasteiger partial charge on any atom is -0.294 e. The van der Waals surface area contributed by atoms with Gasteiger partial charge in [0.2, 0.25) is 0 Å². The van der Waals surface area contributed by atoms with Crippen molar-refractivity contribution >= 4 is 6.21 Å². The van der Waals surface area contributed by atoms with Crippen LogP contribution in [0.15, 0.2) is 4.99 Å². The molecule has 1 heteroatoms. The Morgan fingerprint density at radius 3 is 3.00 bits per heavy atom. The van der Waals surface area contributed by atoms with Crippen LogP contribution in [0.3, 0.4) is 0 Å². The van der Waals surface area contributed by atoms with Crippen molar-refractivity contribution in [2.24, 2.45) is 10.9 Å². The highest BCUT2D eigenvalue weighted by atomic mass is 14.8. The highest BCUT2D eigenvalue weighted by Crippen LogP contribution is 2.19. The third-order valence-corrected chi connectivity index (χ3v) is 2.12. The molecule has 0 bridgehead atoms. The lowest BCUT2D eigenvalue weighted by molar-refractivity contribution is 0.438. The van der Waals surface area contributed by atoms with E-state index in [2.05, 4.69) is 25.1 Å². The van der Waals surface area contributed by atoms with Crippen molar-refractivity contribution in [3.63, 3.8) is 0 Å². The summed E-state index contributed by atoms with van der Waals surface area (Å²) in [4.78, 5) is 4.44. The zero-order valence-electron chi connectivity index (χ0n) is 7.01. The van der Waals surface area contributed by atoms with Gasteiger partial charge < -0.3 is 0 Å². The number of hydrogen-bond acceptors (Lipinski definition) is 1. The Kier molecular flexibility index (Phi) is 2.91. The predicted octanol–water partition coefficient (Wildman–Crippen LogP) is 2.66. The fourth-order valence-corrected chi connectivity index (χ4v) is 1.54. The number of nitrogens with zero attached hydrogens (tertiary/aromatic N) is 1. The van der Waals surface area contributed by atoms with E-state index in [9.17, 15) is 0 Å². The molecular formula is C9H17N. The van der Waals surface area contributed by atoms with Crippen LogP contribution in [0.2, 0.25) is 0 Å². The molecule has 2 unspecified atom stereocenters. The van der Waals surface area contributed by atoms with Crippen LogP contribution in [0.5, 0.6) is 0 Å². The van der Waals surface area contributed by atoms with Gasteiger partial charge in [-0.2, -0.15) is 0 Å². The second kappa shape index (κ2) is 3.75. The van der Waals surface area contributed by atoms with Gasteiger partial charge in [0, 0.05) is 6.04 Å². The van der Waals surface area contributed by atoms with Crippen LogP contribution < -0.4 is 0 Å². The van der Waals surface area contributed by atoms with Gasteiger partial charge in [-0.1, -0.05) is 20.3 Å². The average Bonchev–Trinajstić information content (AvgIpc) is 1.88. The summed E-state index contributed by atoms with van der Waals surface area (Å²) in [6.45, 7) is 4.54. The first kappa shape index (κ1) is 7.77. The molecule has 2 atom stereocenters. The van der Waals surface area contributed by atoms with E-state index in [-0.39, 0.29) is 0 Å². The van der Waals surface area contributed by atoms with Gasteiger partial charge in [0.1, 0.15) is 0 Å². The third kappa shape index (κ3) is 2.13. The molecule has 0 saturated carbocycles. The first-order valence-corrected chi connectivity index (χ1v) is 4.34. The minimum absolute atomic E-state index is 0.647. The molecule has 0 radical (unpaired) electrons. The van der Waals surface area contributed by atoms with E-state index in [4.69, 9.17) is 0 Å². The summed E-state index contributed by atoms with van der Waals surface area (Å²) in [6, 6.07) is 0.647. The molecule has 0 fully saturated rings. The molecule has 0 aromatic heterocycles. The largest absolute Gasteiger partial charge is 0.294 e. The number of hydrogen-bond donors (Lipinski definition) is 0. The van der Waals surface area contributed by atoms with E-state index in [1.165, 1.54) is 25.7 Å². The van der Waals surface area contributed by atoms with Crippen LogP contribution >= 0.6 is 0 Å². The Morgan fingerprint density at radius 2 is 2.40 bits per heavy atom. The summed E-state index contributed by atoms with van der Waals surface area (Å²) in [5.74, 6) is 0.869. The van der Waals surface area contributed by atoms with Gasteiger partial charge in [-0.05, 0) is 31.4 Å². The van der Waals surface area contributed by atoms with Crippen LogP contribution in [0, 0.1) is 5.92 Å². The van der Waals surface area contributed by atoms with Crippen LogP contribution in [-0.4, -0.2) is 12.3 Å². The zero-order valence-corrected chi connectivity index (χ0v) is 7.01. The van der Waals surface area contributed by atoms with E-state index in [1.54, 1.807) is 0 Å². The summed E-state index contributed by atoms with van der Waals surface area (Å²) in [7, 11) is 0. The van der Waals surface area contributed by atoms with E-state index < -0.39 is 0 Å². The second-order valence-corrected chi connectivity index (χ2v) is 3.35. The van der Waals surface area contributed by atoms with Crippen molar-refractivity contribution in [3.05, 3.63) is 0 Å². The lowest BCUT2D eigenvalue weighted by Gasteiger charge is -2.20. The maximum atomic E-state index is 4.44. The van der Waals surface area contributed by atoms with E-state index in [0.29, 0.717) is 6.04 Å². The zero-order chi connectivity index (χ0) is 7.40. The third-order valence-electron chi connectivity index (χ3n) is 2.12. The fourth-order valence-electron chi connectivity index (χ4n) is 1.54. The van der Waals surface area contributed by atoms with Crippen molar-refractivity contribution in [3.8, 4) is 0 Å². The van der Waals surface area contributed by atoms with Crippen LogP contribution in [0.4, 0.5) is 0 Å². The maximum absolute atomic E-state index is 4.44. The van der Waals surface area contributed by atoms with Gasteiger partial charge in [0.15, 0.2) is 0 Å². The van der Waals surface area contributed by atoms with Crippen LogP contribution in [0.1, 0.15) is 39.5 Å². The first-order chi connectivity index (χ1) is 4.83. The second-order valence-electron chi connectivity index (χ2n) is 3.35. The molecule has 1 aliphatic heterocycles. The Bertz CT molecular complexity index is 118. The molecule has 0 amide bonds. The smallest absolute Gasteiger partial charge is 0.0498 e. The Morgan fingerprint density at radius 1 is 1.60 bits per heavy atom. The highest BCUT2D eigenvalue weighted by Gasteiger charge is 2.13. The molecule has 10 heavy (non-hydrogen) atoms. The van der Waals surface area contributed by atoms with E-state index in [1.807, 2.05) is 0 Å². The van der Waals surface area contributed by atoms with Gasteiger partial charge >= 0.3 is 0 Å². The van der Waals surface area contributed by atoms with Gasteiger partial charge in [0.05, 0.1) is 0 Å². The topological polar surface area (TPSA) is 12.4 Å². The standard InChI is InChI=1S/C9H17N/c1-3-4-9-7-8(2)5-6-10-9/h6,8-9H,3-5,7H2,1-2H3. The molecule has 0 aromatic rings. The van der Waals surface area contributed by atoms with Crippen LogP contribution in [0.25, 0.3) is 0 Å². The van der Waals surface area contributed by atoms with Crippen molar-refractivity contribution < 1.29 is 0 Å². The van der Waals surface area contributed by atoms with Crippen molar-refractivity contribution in [2.45, 2.75) is 45.6 Å². The van der Waals surface area contributed by atoms with Crippen molar-refractivity contribution in [1.29, 1.82) is 0 Å². The Balaban J connectivity index is 2.32. The minimum atomic E-state index is 0.647. The fraction of sp³-hybridized carbons (Fsp3) is 0.889. The summed E-state index contributed by atoms with van der Waals surface area (Å²) >= 11 is 0. The SMILES string of the molecule is CCCC1CC(C)CC=N1. The molecule has 0 aromatic carbocycles. The molecule has 1 rings (SSSR count). The molecule has 0 N–H and O–H groups in total. The first-order valence-electron chi connectivity index (χ1n) is 4.34. The number of rotatable bonds is 2. The molecule has 1 aliphatic rings. The molecular weight excluding hydrogens is 122 g/mol. The van der Waals surface area contributed by atoms with E-state index in [0.717, 1.165) is 5.92 Å².